The highest BCUT2D eigenvalue weighted by atomic mass is 32.2. The molecule has 3 aliphatic rings. The summed E-state index contributed by atoms with van der Waals surface area (Å²) in [6, 6.07) is 9.36. The van der Waals surface area contributed by atoms with Gasteiger partial charge in [-0.05, 0) is 50.2 Å². The first-order chi connectivity index (χ1) is 16.4. The maximum absolute atomic E-state index is 13.1. The van der Waals surface area contributed by atoms with Crippen molar-refractivity contribution in [3.63, 3.8) is 0 Å². The molecule has 0 unspecified atom stereocenters. The first-order valence-corrected chi connectivity index (χ1v) is 14.3. The molecule has 2 amide bonds. The number of carbonyl (C=O) groups is 2. The van der Waals surface area contributed by atoms with Crippen LogP contribution in [-0.4, -0.2) is 73.6 Å². The lowest BCUT2D eigenvalue weighted by atomic mass is 9.92. The number of nitrogens with zero attached hydrogens (tertiary/aromatic N) is 3. The zero-order chi connectivity index (χ0) is 24.0. The fraction of sp³-hybridized carbons (Fsp3) is 0.615. The van der Waals surface area contributed by atoms with Crippen molar-refractivity contribution in [2.75, 3.05) is 39.3 Å². The number of benzene rings is 1. The molecule has 0 aliphatic carbocycles. The highest BCUT2D eigenvalue weighted by Crippen LogP contribution is 2.27. The fourth-order valence-corrected chi connectivity index (χ4v) is 6.55. The minimum atomic E-state index is -3.50. The first kappa shape index (κ1) is 24.9. The molecule has 3 heterocycles. The van der Waals surface area contributed by atoms with Crippen LogP contribution < -0.4 is 0 Å². The van der Waals surface area contributed by atoms with Gasteiger partial charge in [-0.2, -0.15) is 4.31 Å². The minimum absolute atomic E-state index is 0.0329. The van der Waals surface area contributed by atoms with Crippen LogP contribution in [0.15, 0.2) is 35.7 Å². The molecule has 3 aliphatic heterocycles. The third kappa shape index (κ3) is 6.27. The van der Waals surface area contributed by atoms with Crippen molar-refractivity contribution < 1.29 is 18.0 Å². The van der Waals surface area contributed by atoms with Crippen molar-refractivity contribution in [3.05, 3.63) is 41.3 Å². The fourth-order valence-electron chi connectivity index (χ4n) is 5.33. The Morgan fingerprint density at radius 2 is 1.21 bits per heavy atom. The zero-order valence-electron chi connectivity index (χ0n) is 20.0. The number of amides is 2. The van der Waals surface area contributed by atoms with E-state index in [-0.39, 0.29) is 23.7 Å². The molecular weight excluding hydrogens is 450 g/mol. The maximum atomic E-state index is 13.1. The number of likely N-dealkylation sites (tertiary alicyclic amines) is 2. The highest BCUT2D eigenvalue weighted by molar-refractivity contribution is 7.92. The van der Waals surface area contributed by atoms with Crippen LogP contribution in [0.25, 0.3) is 6.08 Å². The lowest BCUT2D eigenvalue weighted by Gasteiger charge is -2.37. The van der Waals surface area contributed by atoms with Crippen LogP contribution in [0.5, 0.6) is 0 Å². The molecule has 7 nitrogen and oxygen atoms in total. The number of hydrogen-bond acceptors (Lipinski definition) is 4. The van der Waals surface area contributed by atoms with Crippen LogP contribution in [0.3, 0.4) is 0 Å². The van der Waals surface area contributed by atoms with Crippen molar-refractivity contribution in [1.82, 2.24) is 14.1 Å². The van der Waals surface area contributed by atoms with Crippen LogP contribution in [0.4, 0.5) is 0 Å². The number of sulfonamides is 1. The van der Waals surface area contributed by atoms with E-state index < -0.39 is 10.0 Å². The maximum Gasteiger partial charge on any atom is 0.236 e. The van der Waals surface area contributed by atoms with Crippen molar-refractivity contribution >= 4 is 27.9 Å². The Labute approximate surface area is 203 Å². The van der Waals surface area contributed by atoms with E-state index in [2.05, 4.69) is 0 Å². The Bertz CT molecular complexity index is 955. The summed E-state index contributed by atoms with van der Waals surface area (Å²) >= 11 is 0. The second-order valence-electron chi connectivity index (χ2n) is 9.77. The van der Waals surface area contributed by atoms with Gasteiger partial charge in [0.15, 0.2) is 0 Å². The number of carbonyl (C=O) groups excluding carboxylic acids is 2. The smallest absolute Gasteiger partial charge is 0.236 e. The Morgan fingerprint density at radius 3 is 1.76 bits per heavy atom. The van der Waals surface area contributed by atoms with Crippen molar-refractivity contribution in [2.24, 2.45) is 11.8 Å². The van der Waals surface area contributed by atoms with E-state index in [0.29, 0.717) is 39.0 Å². The topological polar surface area (TPSA) is 78.0 Å². The van der Waals surface area contributed by atoms with Crippen molar-refractivity contribution in [3.8, 4) is 0 Å². The first-order valence-electron chi connectivity index (χ1n) is 12.7. The van der Waals surface area contributed by atoms with E-state index in [0.717, 1.165) is 44.3 Å². The van der Waals surface area contributed by atoms with Gasteiger partial charge in [0, 0.05) is 56.5 Å². The summed E-state index contributed by atoms with van der Waals surface area (Å²) in [5.74, 6) is 0.293. The van der Waals surface area contributed by atoms with E-state index in [1.807, 2.05) is 40.1 Å². The van der Waals surface area contributed by atoms with Gasteiger partial charge in [0.05, 0.1) is 0 Å². The molecule has 8 heteroatoms. The standard InChI is InChI=1S/C26H37N3O4S/c30-25(27-15-6-1-2-7-16-27)23-10-17-28(18-11-23)26(31)24-12-19-29(20-13-24)34(32,33)21-14-22-8-4-3-5-9-22/h3-5,8-9,14,21,23-24H,1-2,6-7,10-13,15-20H2. The number of piperidine rings is 2. The summed E-state index contributed by atoms with van der Waals surface area (Å²) in [6.07, 6.45) is 8.79. The lowest BCUT2D eigenvalue weighted by molar-refractivity contribution is -0.143. The van der Waals surface area contributed by atoms with E-state index in [1.165, 1.54) is 22.6 Å². The van der Waals surface area contributed by atoms with Crippen LogP contribution in [0.1, 0.15) is 56.9 Å². The normalized spacial score (nSPS) is 22.1. The summed E-state index contributed by atoms with van der Waals surface area (Å²) in [4.78, 5) is 29.9. The molecule has 0 spiro atoms. The third-order valence-corrected chi connectivity index (χ3v) is 9.03. The summed E-state index contributed by atoms with van der Waals surface area (Å²) < 4.78 is 26.9. The van der Waals surface area contributed by atoms with Gasteiger partial charge < -0.3 is 9.80 Å². The van der Waals surface area contributed by atoms with E-state index in [9.17, 15) is 18.0 Å². The van der Waals surface area contributed by atoms with Gasteiger partial charge in [-0.3, -0.25) is 9.59 Å². The van der Waals surface area contributed by atoms with Gasteiger partial charge in [-0.25, -0.2) is 8.42 Å². The van der Waals surface area contributed by atoms with E-state index >= 15 is 0 Å². The molecule has 3 fully saturated rings. The summed E-state index contributed by atoms with van der Waals surface area (Å²) in [5, 5.41) is 1.26. The Kier molecular flexibility index (Phi) is 8.42. The molecule has 3 saturated heterocycles. The molecule has 0 N–H and O–H groups in total. The molecule has 1 aromatic rings. The molecule has 186 valence electrons. The molecule has 34 heavy (non-hydrogen) atoms. The second-order valence-corrected chi connectivity index (χ2v) is 11.6. The quantitative estimate of drug-likeness (QED) is 0.638. The Balaban J connectivity index is 1.24. The second kappa shape index (κ2) is 11.5. The molecule has 0 bridgehead atoms. The SMILES string of the molecule is O=C(C1CCN(C(=O)C2CCN(S(=O)(=O)C=Cc3ccccc3)CC2)CC1)N1CCCCCC1. The Hall–Kier alpha value is -2.19. The average Bonchev–Trinajstić information content (AvgIpc) is 3.17. The number of rotatable bonds is 5. The predicted molar refractivity (Wildman–Crippen MR) is 133 cm³/mol. The van der Waals surface area contributed by atoms with E-state index in [4.69, 9.17) is 0 Å². The van der Waals surface area contributed by atoms with Gasteiger partial charge in [0.25, 0.3) is 0 Å². The monoisotopic (exact) mass is 487 g/mol. The molecule has 0 atom stereocenters. The molecule has 1 aromatic carbocycles. The number of hydrogen-bond donors (Lipinski definition) is 0. The summed E-state index contributed by atoms with van der Waals surface area (Å²) in [7, 11) is -3.50. The van der Waals surface area contributed by atoms with E-state index in [1.54, 1.807) is 6.08 Å². The molecule has 0 saturated carbocycles. The predicted octanol–water partition coefficient (Wildman–Crippen LogP) is 3.34. The Morgan fingerprint density at radius 1 is 0.706 bits per heavy atom. The van der Waals surface area contributed by atoms with Crippen LogP contribution in [-0.2, 0) is 19.6 Å². The minimum Gasteiger partial charge on any atom is -0.342 e. The summed E-state index contributed by atoms with van der Waals surface area (Å²) in [6.45, 7) is 3.73. The molecule has 0 radical (unpaired) electrons. The highest BCUT2D eigenvalue weighted by Gasteiger charge is 2.35. The largest absolute Gasteiger partial charge is 0.342 e. The third-order valence-electron chi connectivity index (χ3n) is 7.47. The van der Waals surface area contributed by atoms with Gasteiger partial charge in [0.2, 0.25) is 21.8 Å². The molecule has 4 rings (SSSR count). The molecular formula is C26H37N3O4S. The average molecular weight is 488 g/mol. The van der Waals surface area contributed by atoms with Crippen LogP contribution in [0, 0.1) is 11.8 Å². The van der Waals surface area contributed by atoms with Gasteiger partial charge in [-0.15, -0.1) is 0 Å². The van der Waals surface area contributed by atoms with Gasteiger partial charge in [0.1, 0.15) is 0 Å². The zero-order valence-corrected chi connectivity index (χ0v) is 20.8. The van der Waals surface area contributed by atoms with Crippen molar-refractivity contribution in [2.45, 2.75) is 51.4 Å². The van der Waals surface area contributed by atoms with Gasteiger partial charge in [-0.1, -0.05) is 43.2 Å². The lowest BCUT2D eigenvalue weighted by Crippen LogP contribution is -2.48. The van der Waals surface area contributed by atoms with Crippen LogP contribution in [0.2, 0.25) is 0 Å². The molecule has 0 aromatic heterocycles. The van der Waals surface area contributed by atoms with Gasteiger partial charge >= 0.3 is 0 Å². The summed E-state index contributed by atoms with van der Waals surface area (Å²) in [5.41, 5.74) is 0.842. The van der Waals surface area contributed by atoms with Crippen LogP contribution >= 0.6 is 0 Å². The van der Waals surface area contributed by atoms with Crippen molar-refractivity contribution in [1.29, 1.82) is 0 Å².